The van der Waals surface area contributed by atoms with Crippen molar-refractivity contribution in [1.82, 2.24) is 9.97 Å². The monoisotopic (exact) mass is 292 g/mol. The number of hydrogen-bond acceptors (Lipinski definition) is 3. The van der Waals surface area contributed by atoms with Gasteiger partial charge >= 0.3 is 0 Å². The Bertz CT molecular complexity index is 773. The maximum absolute atomic E-state index is 4.91. The smallest absolute Gasteiger partial charge is 0.104 e. The molecule has 0 spiro atoms. The van der Waals surface area contributed by atoms with Gasteiger partial charge < -0.3 is 0 Å². The molecule has 0 atom stereocenters. The highest BCUT2D eigenvalue weighted by Crippen LogP contribution is 2.54. The summed E-state index contributed by atoms with van der Waals surface area (Å²) in [6.07, 6.45) is 6.06. The van der Waals surface area contributed by atoms with Crippen molar-refractivity contribution in [3.05, 3.63) is 70.3 Å². The van der Waals surface area contributed by atoms with Gasteiger partial charge in [-0.2, -0.15) is 0 Å². The van der Waals surface area contributed by atoms with Gasteiger partial charge in [0.25, 0.3) is 0 Å². The molecular weight excluding hydrogens is 276 g/mol. The lowest BCUT2D eigenvalue weighted by Gasteiger charge is -2.13. The zero-order chi connectivity index (χ0) is 14.3. The summed E-state index contributed by atoms with van der Waals surface area (Å²) in [5, 5.41) is 3.42. The molecule has 2 nitrogen and oxygen atoms in total. The molecule has 0 unspecified atom stereocenters. The molecule has 0 bridgehead atoms. The lowest BCUT2D eigenvalue weighted by molar-refractivity contribution is 0.833. The van der Waals surface area contributed by atoms with Gasteiger partial charge in [-0.15, -0.1) is 11.3 Å². The topological polar surface area (TPSA) is 25.8 Å². The molecule has 3 heteroatoms. The van der Waals surface area contributed by atoms with E-state index >= 15 is 0 Å². The Morgan fingerprint density at radius 2 is 1.90 bits per heavy atom. The number of benzene rings is 1. The predicted molar refractivity (Wildman–Crippen MR) is 86.5 cm³/mol. The molecule has 0 amide bonds. The molecule has 0 radical (unpaired) electrons. The van der Waals surface area contributed by atoms with E-state index in [1.54, 1.807) is 11.3 Å². The average Bonchev–Trinajstić information content (AvgIpc) is 3.19. The van der Waals surface area contributed by atoms with Gasteiger partial charge in [0.2, 0.25) is 0 Å². The molecular formula is C18H16N2S. The lowest BCUT2D eigenvalue weighted by atomic mass is 9.95. The third-order valence-corrected chi connectivity index (χ3v) is 5.26. The minimum Gasteiger partial charge on any atom is -0.265 e. The molecule has 1 fully saturated rings. The molecule has 2 aromatic heterocycles. The second-order valence-electron chi connectivity index (χ2n) is 5.73. The Balaban J connectivity index is 1.73. The fraction of sp³-hybridized carbons (Fsp3) is 0.222. The van der Waals surface area contributed by atoms with Crippen LogP contribution in [-0.4, -0.2) is 9.97 Å². The van der Waals surface area contributed by atoms with Crippen LogP contribution in [0, 0.1) is 6.92 Å². The van der Waals surface area contributed by atoms with Crippen LogP contribution in [0.5, 0.6) is 0 Å². The van der Waals surface area contributed by atoms with Crippen molar-refractivity contribution in [3.63, 3.8) is 0 Å². The van der Waals surface area contributed by atoms with Crippen LogP contribution in [0.1, 0.15) is 29.0 Å². The minimum atomic E-state index is 0.169. The van der Waals surface area contributed by atoms with Gasteiger partial charge in [-0.25, -0.2) is 4.98 Å². The normalized spacial score (nSPS) is 15.9. The number of aromatic nitrogens is 2. The van der Waals surface area contributed by atoms with E-state index in [2.05, 4.69) is 41.6 Å². The van der Waals surface area contributed by atoms with Gasteiger partial charge in [0, 0.05) is 28.8 Å². The summed E-state index contributed by atoms with van der Waals surface area (Å²) >= 11 is 1.78. The summed E-state index contributed by atoms with van der Waals surface area (Å²) in [4.78, 5) is 8.98. The summed E-state index contributed by atoms with van der Waals surface area (Å²) in [5.41, 5.74) is 5.12. The molecule has 104 valence electrons. The van der Waals surface area contributed by atoms with Crippen LogP contribution < -0.4 is 0 Å². The highest BCUT2D eigenvalue weighted by molar-refractivity contribution is 7.10. The molecule has 1 aliphatic carbocycles. The summed E-state index contributed by atoms with van der Waals surface area (Å²) in [5.74, 6) is 0. The number of aryl methyl sites for hydroxylation is 1. The first-order valence-electron chi connectivity index (χ1n) is 7.21. The Kier molecular flexibility index (Phi) is 2.89. The molecule has 0 aliphatic heterocycles. The molecule has 1 aromatic carbocycles. The van der Waals surface area contributed by atoms with E-state index in [4.69, 9.17) is 4.98 Å². The van der Waals surface area contributed by atoms with Crippen LogP contribution in [-0.2, 0) is 5.41 Å². The van der Waals surface area contributed by atoms with Gasteiger partial charge in [0.05, 0.1) is 5.69 Å². The van der Waals surface area contributed by atoms with Crippen LogP contribution in [0.2, 0.25) is 0 Å². The minimum absolute atomic E-state index is 0.169. The number of pyridine rings is 1. The van der Waals surface area contributed by atoms with Crippen molar-refractivity contribution in [3.8, 4) is 11.3 Å². The van der Waals surface area contributed by atoms with Crippen molar-refractivity contribution >= 4 is 11.3 Å². The first-order valence-corrected chi connectivity index (χ1v) is 8.09. The summed E-state index contributed by atoms with van der Waals surface area (Å²) < 4.78 is 0. The maximum atomic E-state index is 4.91. The first kappa shape index (κ1) is 12.7. The van der Waals surface area contributed by atoms with Crippen molar-refractivity contribution in [2.45, 2.75) is 25.2 Å². The van der Waals surface area contributed by atoms with E-state index in [1.807, 2.05) is 24.5 Å². The van der Waals surface area contributed by atoms with Crippen LogP contribution in [0.15, 0.2) is 54.2 Å². The van der Waals surface area contributed by atoms with Gasteiger partial charge in [-0.1, -0.05) is 29.8 Å². The fourth-order valence-corrected chi connectivity index (χ4v) is 3.95. The first-order chi connectivity index (χ1) is 10.3. The Hall–Kier alpha value is -2.00. The van der Waals surface area contributed by atoms with Crippen LogP contribution in [0.25, 0.3) is 11.3 Å². The summed E-state index contributed by atoms with van der Waals surface area (Å²) in [6, 6.07) is 12.9. The van der Waals surface area contributed by atoms with Gasteiger partial charge in [-0.3, -0.25) is 4.98 Å². The van der Waals surface area contributed by atoms with Crippen LogP contribution in [0.3, 0.4) is 0 Å². The highest BCUT2D eigenvalue weighted by Gasteiger charge is 2.48. The molecule has 4 rings (SSSR count). The largest absolute Gasteiger partial charge is 0.265 e. The van der Waals surface area contributed by atoms with E-state index in [-0.39, 0.29) is 5.41 Å². The molecule has 1 saturated carbocycles. The van der Waals surface area contributed by atoms with E-state index in [0.717, 1.165) is 11.3 Å². The zero-order valence-electron chi connectivity index (χ0n) is 11.9. The molecule has 2 heterocycles. The lowest BCUT2D eigenvalue weighted by Crippen LogP contribution is -2.08. The SMILES string of the molecule is Cc1cccc(C2(c3nc(-c4ccncc4)cs3)CC2)c1. The fourth-order valence-electron chi connectivity index (χ4n) is 2.84. The van der Waals surface area contributed by atoms with Crippen LogP contribution >= 0.6 is 11.3 Å². The highest BCUT2D eigenvalue weighted by atomic mass is 32.1. The van der Waals surface area contributed by atoms with Crippen molar-refractivity contribution < 1.29 is 0 Å². The van der Waals surface area contributed by atoms with Crippen molar-refractivity contribution in [2.75, 3.05) is 0 Å². The molecule has 3 aromatic rings. The number of rotatable bonds is 3. The molecule has 1 aliphatic rings. The van der Waals surface area contributed by atoms with E-state index in [1.165, 1.54) is 29.0 Å². The standard InChI is InChI=1S/C18H16N2S/c1-13-3-2-4-15(11-13)18(7-8-18)17-20-16(12-21-17)14-5-9-19-10-6-14/h2-6,9-12H,7-8H2,1H3. The maximum Gasteiger partial charge on any atom is 0.104 e. The predicted octanol–water partition coefficient (Wildman–Crippen LogP) is 4.59. The Morgan fingerprint density at radius 1 is 1.10 bits per heavy atom. The molecule has 0 N–H and O–H groups in total. The second kappa shape index (κ2) is 4.78. The Morgan fingerprint density at radius 3 is 2.62 bits per heavy atom. The number of hydrogen-bond donors (Lipinski definition) is 0. The molecule has 21 heavy (non-hydrogen) atoms. The third-order valence-electron chi connectivity index (χ3n) is 4.21. The van der Waals surface area contributed by atoms with Gasteiger partial charge in [-0.05, 0) is 37.5 Å². The average molecular weight is 292 g/mol. The summed E-state index contributed by atoms with van der Waals surface area (Å²) in [7, 11) is 0. The second-order valence-corrected chi connectivity index (χ2v) is 6.58. The van der Waals surface area contributed by atoms with E-state index < -0.39 is 0 Å². The quantitative estimate of drug-likeness (QED) is 0.705. The zero-order valence-corrected chi connectivity index (χ0v) is 12.7. The van der Waals surface area contributed by atoms with Crippen LogP contribution in [0.4, 0.5) is 0 Å². The molecule has 0 saturated heterocycles. The van der Waals surface area contributed by atoms with Crippen molar-refractivity contribution in [1.29, 1.82) is 0 Å². The third kappa shape index (κ3) is 2.18. The van der Waals surface area contributed by atoms with Gasteiger partial charge in [0.1, 0.15) is 5.01 Å². The number of thiazole rings is 1. The van der Waals surface area contributed by atoms with E-state index in [9.17, 15) is 0 Å². The van der Waals surface area contributed by atoms with Crippen molar-refractivity contribution in [2.24, 2.45) is 0 Å². The van der Waals surface area contributed by atoms with Gasteiger partial charge in [0.15, 0.2) is 0 Å². The number of nitrogens with zero attached hydrogens (tertiary/aromatic N) is 2. The Labute approximate surface area is 128 Å². The summed E-state index contributed by atoms with van der Waals surface area (Å²) in [6.45, 7) is 2.16. The van der Waals surface area contributed by atoms with E-state index in [0.29, 0.717) is 0 Å².